The second kappa shape index (κ2) is 9.13. The first-order chi connectivity index (χ1) is 9.70. The highest BCUT2D eigenvalue weighted by Crippen LogP contribution is 2.12. The van der Waals surface area contributed by atoms with E-state index in [0.717, 1.165) is 24.0 Å². The van der Waals surface area contributed by atoms with Gasteiger partial charge in [0.05, 0.1) is 0 Å². The molecule has 1 aromatic carbocycles. The van der Waals surface area contributed by atoms with Gasteiger partial charge in [-0.15, -0.1) is 0 Å². The zero-order valence-electron chi connectivity index (χ0n) is 12.0. The topological polar surface area (TPSA) is 58.6 Å². The molecule has 0 fully saturated rings. The Kier molecular flexibility index (Phi) is 7.41. The fourth-order valence-electron chi connectivity index (χ4n) is 1.82. The zero-order chi connectivity index (χ0) is 14.8. The van der Waals surface area contributed by atoms with Gasteiger partial charge in [0.1, 0.15) is 6.61 Å². The number of rotatable bonds is 6. The molecule has 2 N–H and O–H groups in total. The summed E-state index contributed by atoms with van der Waals surface area (Å²) in [4.78, 5) is 12.1. The number of aliphatic hydroxyl groups is 1. The standard InChI is InChI=1S/C16H21NO3/c1-13-14(8-6-11-18)7-5-9-15(13)16(19)17-10-3-4-12-20-2/h5,7,9,18H,3-4,10-12H2,1-2H3,(H,17,19). The van der Waals surface area contributed by atoms with Gasteiger partial charge in [-0.05, 0) is 37.5 Å². The number of benzene rings is 1. The third kappa shape index (κ3) is 5.04. The molecule has 20 heavy (non-hydrogen) atoms. The molecule has 0 unspecified atom stereocenters. The highest BCUT2D eigenvalue weighted by molar-refractivity contribution is 5.96. The van der Waals surface area contributed by atoms with Gasteiger partial charge in [-0.1, -0.05) is 17.9 Å². The Bertz CT molecular complexity index is 500. The van der Waals surface area contributed by atoms with Crippen LogP contribution in [0.2, 0.25) is 0 Å². The van der Waals surface area contributed by atoms with Crippen LogP contribution in [0, 0.1) is 18.8 Å². The number of nitrogens with one attached hydrogen (secondary N) is 1. The molecule has 0 atom stereocenters. The highest BCUT2D eigenvalue weighted by Gasteiger charge is 2.10. The first-order valence-electron chi connectivity index (χ1n) is 6.67. The Labute approximate surface area is 120 Å². The van der Waals surface area contributed by atoms with E-state index in [2.05, 4.69) is 17.2 Å². The van der Waals surface area contributed by atoms with Crippen molar-refractivity contribution in [1.29, 1.82) is 0 Å². The summed E-state index contributed by atoms with van der Waals surface area (Å²) in [6.07, 6.45) is 1.82. The molecular weight excluding hydrogens is 254 g/mol. The maximum absolute atomic E-state index is 12.1. The van der Waals surface area contributed by atoms with Crippen molar-refractivity contribution in [2.45, 2.75) is 19.8 Å². The predicted octanol–water partition coefficient (Wildman–Crippen LogP) is 1.50. The van der Waals surface area contributed by atoms with Gasteiger partial charge < -0.3 is 15.2 Å². The van der Waals surface area contributed by atoms with Crippen LogP contribution < -0.4 is 5.32 Å². The van der Waals surface area contributed by atoms with Crippen molar-refractivity contribution in [2.24, 2.45) is 0 Å². The molecule has 0 aliphatic heterocycles. The summed E-state index contributed by atoms with van der Waals surface area (Å²) in [5, 5.41) is 11.6. The molecule has 0 radical (unpaired) electrons. The lowest BCUT2D eigenvalue weighted by Gasteiger charge is -2.09. The van der Waals surface area contributed by atoms with Gasteiger partial charge in [0.25, 0.3) is 5.91 Å². The Morgan fingerprint density at radius 1 is 1.40 bits per heavy atom. The Balaban J connectivity index is 2.64. The van der Waals surface area contributed by atoms with Crippen molar-refractivity contribution >= 4 is 5.91 Å². The summed E-state index contributed by atoms with van der Waals surface area (Å²) in [6.45, 7) is 3.02. The number of hydrogen-bond acceptors (Lipinski definition) is 3. The number of hydrogen-bond donors (Lipinski definition) is 2. The van der Waals surface area contributed by atoms with E-state index < -0.39 is 0 Å². The number of aliphatic hydroxyl groups excluding tert-OH is 1. The SMILES string of the molecule is COCCCCNC(=O)c1cccc(C#CCO)c1C. The molecule has 0 aromatic heterocycles. The first-order valence-corrected chi connectivity index (χ1v) is 6.67. The smallest absolute Gasteiger partial charge is 0.251 e. The maximum atomic E-state index is 12.1. The van der Waals surface area contributed by atoms with Gasteiger partial charge in [-0.25, -0.2) is 0 Å². The van der Waals surface area contributed by atoms with Gasteiger partial charge in [0.15, 0.2) is 0 Å². The zero-order valence-corrected chi connectivity index (χ0v) is 12.0. The third-order valence-electron chi connectivity index (χ3n) is 2.94. The minimum Gasteiger partial charge on any atom is -0.385 e. The van der Waals surface area contributed by atoms with Crippen molar-refractivity contribution in [3.05, 3.63) is 34.9 Å². The van der Waals surface area contributed by atoms with E-state index in [1.807, 2.05) is 13.0 Å². The summed E-state index contributed by atoms with van der Waals surface area (Å²) in [5.74, 6) is 5.35. The number of carbonyl (C=O) groups is 1. The van der Waals surface area contributed by atoms with E-state index >= 15 is 0 Å². The summed E-state index contributed by atoms with van der Waals surface area (Å²) in [6, 6.07) is 5.42. The number of carbonyl (C=O) groups excluding carboxylic acids is 1. The van der Waals surface area contributed by atoms with Gasteiger partial charge in [0.2, 0.25) is 0 Å². The fraction of sp³-hybridized carbons (Fsp3) is 0.438. The number of ether oxygens (including phenoxy) is 1. The molecule has 1 rings (SSSR count). The van der Waals surface area contributed by atoms with E-state index in [4.69, 9.17) is 9.84 Å². The molecule has 0 heterocycles. The minimum atomic E-state index is -0.185. The second-order valence-corrected chi connectivity index (χ2v) is 4.39. The number of methoxy groups -OCH3 is 1. The fourth-order valence-corrected chi connectivity index (χ4v) is 1.82. The molecule has 0 aliphatic rings. The van der Waals surface area contributed by atoms with Crippen LogP contribution in [0.4, 0.5) is 0 Å². The Morgan fingerprint density at radius 3 is 2.90 bits per heavy atom. The second-order valence-electron chi connectivity index (χ2n) is 4.39. The highest BCUT2D eigenvalue weighted by atomic mass is 16.5. The van der Waals surface area contributed by atoms with Crippen LogP contribution >= 0.6 is 0 Å². The summed E-state index contributed by atoms with van der Waals surface area (Å²) < 4.78 is 4.96. The van der Waals surface area contributed by atoms with E-state index in [0.29, 0.717) is 18.7 Å². The summed E-state index contributed by atoms with van der Waals surface area (Å²) >= 11 is 0. The molecule has 0 spiro atoms. The van der Waals surface area contributed by atoms with Crippen molar-refractivity contribution in [1.82, 2.24) is 5.32 Å². The molecule has 0 saturated heterocycles. The van der Waals surface area contributed by atoms with E-state index in [-0.39, 0.29) is 12.5 Å². The quantitative estimate of drug-likeness (QED) is 0.611. The molecule has 1 aromatic rings. The normalized spacial score (nSPS) is 9.75. The lowest BCUT2D eigenvalue weighted by atomic mass is 10.0. The average molecular weight is 275 g/mol. The first kappa shape index (κ1) is 16.2. The minimum absolute atomic E-state index is 0.0902. The number of unbranched alkanes of at least 4 members (excludes halogenated alkanes) is 1. The van der Waals surface area contributed by atoms with E-state index in [1.165, 1.54) is 0 Å². The molecule has 4 nitrogen and oxygen atoms in total. The van der Waals surface area contributed by atoms with E-state index in [9.17, 15) is 4.79 Å². The van der Waals surface area contributed by atoms with Crippen LogP contribution in [0.5, 0.6) is 0 Å². The van der Waals surface area contributed by atoms with Gasteiger partial charge >= 0.3 is 0 Å². The van der Waals surface area contributed by atoms with Crippen LogP contribution in [-0.4, -0.2) is 37.9 Å². The predicted molar refractivity (Wildman–Crippen MR) is 78.6 cm³/mol. The van der Waals surface area contributed by atoms with Crippen LogP contribution in [0.15, 0.2) is 18.2 Å². The largest absolute Gasteiger partial charge is 0.385 e. The van der Waals surface area contributed by atoms with Crippen LogP contribution in [0.25, 0.3) is 0 Å². The van der Waals surface area contributed by atoms with Gasteiger partial charge in [-0.3, -0.25) is 4.79 Å². The summed E-state index contributed by atoms with van der Waals surface area (Å²) in [5.41, 5.74) is 2.23. The number of amides is 1. The van der Waals surface area contributed by atoms with Gasteiger partial charge in [-0.2, -0.15) is 0 Å². The average Bonchev–Trinajstić information content (AvgIpc) is 2.46. The Hall–Kier alpha value is -1.83. The summed E-state index contributed by atoms with van der Waals surface area (Å²) in [7, 11) is 1.67. The van der Waals surface area contributed by atoms with Crippen LogP contribution in [0.3, 0.4) is 0 Å². The molecule has 1 amide bonds. The van der Waals surface area contributed by atoms with Crippen molar-refractivity contribution in [2.75, 3.05) is 26.9 Å². The molecule has 0 saturated carbocycles. The third-order valence-corrected chi connectivity index (χ3v) is 2.94. The van der Waals surface area contributed by atoms with Crippen molar-refractivity contribution < 1.29 is 14.6 Å². The van der Waals surface area contributed by atoms with Crippen molar-refractivity contribution in [3.63, 3.8) is 0 Å². The molecule has 0 aliphatic carbocycles. The lowest BCUT2D eigenvalue weighted by Crippen LogP contribution is -2.25. The lowest BCUT2D eigenvalue weighted by molar-refractivity contribution is 0.0950. The Morgan fingerprint density at radius 2 is 2.20 bits per heavy atom. The molecule has 0 bridgehead atoms. The van der Waals surface area contributed by atoms with Gasteiger partial charge in [0, 0.05) is 31.4 Å². The van der Waals surface area contributed by atoms with Crippen LogP contribution in [0.1, 0.15) is 34.3 Å². The monoisotopic (exact) mass is 275 g/mol. The van der Waals surface area contributed by atoms with Crippen LogP contribution in [-0.2, 0) is 4.74 Å². The van der Waals surface area contributed by atoms with E-state index in [1.54, 1.807) is 19.2 Å². The molecule has 108 valence electrons. The van der Waals surface area contributed by atoms with Crippen molar-refractivity contribution in [3.8, 4) is 11.8 Å². The molecular formula is C16H21NO3. The molecule has 4 heteroatoms. The maximum Gasteiger partial charge on any atom is 0.251 e.